The highest BCUT2D eigenvalue weighted by Crippen LogP contribution is 2.35. The molecule has 2 unspecified atom stereocenters. The zero-order valence-corrected chi connectivity index (χ0v) is 13.0. The van der Waals surface area contributed by atoms with E-state index in [0.717, 1.165) is 32.1 Å². The van der Waals surface area contributed by atoms with Crippen LogP contribution in [0, 0.1) is 11.8 Å². The van der Waals surface area contributed by atoms with E-state index in [1.54, 1.807) is 0 Å². The Morgan fingerprint density at radius 1 is 1.19 bits per heavy atom. The van der Waals surface area contributed by atoms with Crippen molar-refractivity contribution in [3.05, 3.63) is 0 Å². The quantitative estimate of drug-likeness (QED) is 0.689. The molecule has 0 radical (unpaired) electrons. The van der Waals surface area contributed by atoms with Crippen molar-refractivity contribution in [3.63, 3.8) is 0 Å². The molecule has 6 heteroatoms. The van der Waals surface area contributed by atoms with Crippen molar-refractivity contribution in [3.8, 4) is 0 Å². The van der Waals surface area contributed by atoms with Gasteiger partial charge in [0.1, 0.15) is 0 Å². The van der Waals surface area contributed by atoms with Crippen LogP contribution >= 0.6 is 0 Å². The minimum Gasteiger partial charge on any atom is -0.481 e. The second kappa shape index (κ2) is 6.64. The zero-order chi connectivity index (χ0) is 15.5. The molecule has 2 aliphatic carbocycles. The number of hydrogen-bond acceptors (Lipinski definition) is 3. The molecule has 0 aromatic heterocycles. The summed E-state index contributed by atoms with van der Waals surface area (Å²) in [6.45, 7) is 1.11. The molecule has 2 fully saturated rings. The number of carbonyl (C=O) groups is 2. The first-order valence-corrected chi connectivity index (χ1v) is 7.86. The Kier molecular flexibility index (Phi) is 5.08. The molecule has 2 amide bonds. The average molecular weight is 297 g/mol. The molecule has 0 heterocycles. The van der Waals surface area contributed by atoms with E-state index in [1.165, 1.54) is 6.42 Å². The van der Waals surface area contributed by atoms with E-state index in [4.69, 9.17) is 5.11 Å². The van der Waals surface area contributed by atoms with Crippen LogP contribution < -0.4 is 10.6 Å². The SMILES string of the molecule is CN(C)C1(CNC(=O)NCC2CCCC2C(=O)O)CCC1. The number of nitrogens with zero attached hydrogens (tertiary/aromatic N) is 1. The highest BCUT2D eigenvalue weighted by atomic mass is 16.4. The van der Waals surface area contributed by atoms with Crippen LogP contribution in [0.5, 0.6) is 0 Å². The number of amides is 2. The first-order valence-electron chi connectivity index (χ1n) is 7.86. The van der Waals surface area contributed by atoms with Crippen molar-refractivity contribution < 1.29 is 14.7 Å². The topological polar surface area (TPSA) is 81.7 Å². The van der Waals surface area contributed by atoms with Gasteiger partial charge in [0.2, 0.25) is 0 Å². The third-order valence-electron chi connectivity index (χ3n) is 5.31. The largest absolute Gasteiger partial charge is 0.481 e. The number of likely N-dealkylation sites (N-methyl/N-ethyl adjacent to an activating group) is 1. The molecule has 0 saturated heterocycles. The Bertz CT molecular complexity index is 394. The number of carboxylic acids is 1. The van der Waals surface area contributed by atoms with Crippen molar-refractivity contribution in [2.45, 2.75) is 44.1 Å². The fraction of sp³-hybridized carbons (Fsp3) is 0.867. The molecule has 3 N–H and O–H groups in total. The van der Waals surface area contributed by atoms with Gasteiger partial charge in [0.15, 0.2) is 0 Å². The van der Waals surface area contributed by atoms with Gasteiger partial charge in [0, 0.05) is 18.6 Å². The van der Waals surface area contributed by atoms with Gasteiger partial charge in [0.05, 0.1) is 5.92 Å². The van der Waals surface area contributed by atoms with Gasteiger partial charge in [-0.1, -0.05) is 6.42 Å². The Balaban J connectivity index is 1.71. The van der Waals surface area contributed by atoms with Gasteiger partial charge in [-0.3, -0.25) is 4.79 Å². The van der Waals surface area contributed by atoms with Crippen molar-refractivity contribution in [1.82, 2.24) is 15.5 Å². The van der Waals surface area contributed by atoms with E-state index in [1.807, 2.05) is 0 Å². The summed E-state index contributed by atoms with van der Waals surface area (Å²) in [5, 5.41) is 14.9. The van der Waals surface area contributed by atoms with E-state index < -0.39 is 5.97 Å². The standard InChI is InChI=1S/C15H27N3O3/c1-18(2)15(7-4-8-15)10-17-14(21)16-9-11-5-3-6-12(11)13(19)20/h11-12H,3-10H2,1-2H3,(H,19,20)(H2,16,17,21). The zero-order valence-electron chi connectivity index (χ0n) is 13.0. The second-order valence-corrected chi connectivity index (χ2v) is 6.67. The van der Waals surface area contributed by atoms with Crippen LogP contribution in [-0.2, 0) is 4.79 Å². The lowest BCUT2D eigenvalue weighted by Crippen LogP contribution is -2.58. The third-order valence-corrected chi connectivity index (χ3v) is 5.31. The number of nitrogens with one attached hydrogen (secondary N) is 2. The van der Waals surface area contributed by atoms with Gasteiger partial charge in [-0.25, -0.2) is 4.79 Å². The maximum absolute atomic E-state index is 11.9. The minimum absolute atomic E-state index is 0.0692. The lowest BCUT2D eigenvalue weighted by atomic mass is 9.75. The lowest BCUT2D eigenvalue weighted by Gasteiger charge is -2.47. The van der Waals surface area contributed by atoms with Crippen LogP contribution in [-0.4, -0.2) is 54.7 Å². The van der Waals surface area contributed by atoms with Crippen LogP contribution in [0.3, 0.4) is 0 Å². The summed E-state index contributed by atoms with van der Waals surface area (Å²) >= 11 is 0. The summed E-state index contributed by atoms with van der Waals surface area (Å²) in [6.07, 6.45) is 6.00. The Hall–Kier alpha value is -1.30. The second-order valence-electron chi connectivity index (χ2n) is 6.67. The first-order chi connectivity index (χ1) is 9.94. The van der Waals surface area contributed by atoms with Crippen LogP contribution in [0.4, 0.5) is 4.79 Å². The molecule has 0 aromatic carbocycles. The lowest BCUT2D eigenvalue weighted by molar-refractivity contribution is -0.142. The normalized spacial score (nSPS) is 27.2. The van der Waals surface area contributed by atoms with Gasteiger partial charge in [-0.2, -0.15) is 0 Å². The monoisotopic (exact) mass is 297 g/mol. The molecule has 0 spiro atoms. The molecular weight excluding hydrogens is 270 g/mol. The van der Waals surface area contributed by atoms with Crippen LogP contribution in [0.25, 0.3) is 0 Å². The van der Waals surface area contributed by atoms with Crippen molar-refractivity contribution in [1.29, 1.82) is 0 Å². The molecule has 2 aliphatic rings. The Morgan fingerprint density at radius 2 is 1.90 bits per heavy atom. The van der Waals surface area contributed by atoms with E-state index in [9.17, 15) is 9.59 Å². The number of urea groups is 1. The summed E-state index contributed by atoms with van der Waals surface area (Å²) < 4.78 is 0. The predicted octanol–water partition coefficient (Wildman–Crippen LogP) is 1.27. The van der Waals surface area contributed by atoms with Crippen LogP contribution in [0.2, 0.25) is 0 Å². The minimum atomic E-state index is -0.735. The van der Waals surface area contributed by atoms with Gasteiger partial charge < -0.3 is 20.6 Å². The number of carboxylic acid groups (broad SMARTS) is 1. The van der Waals surface area contributed by atoms with Gasteiger partial charge in [-0.15, -0.1) is 0 Å². The third kappa shape index (κ3) is 3.67. The molecule has 21 heavy (non-hydrogen) atoms. The molecule has 120 valence electrons. The number of rotatable bonds is 6. The Morgan fingerprint density at radius 3 is 2.43 bits per heavy atom. The number of carbonyl (C=O) groups excluding carboxylic acids is 1. The molecule has 6 nitrogen and oxygen atoms in total. The maximum Gasteiger partial charge on any atom is 0.314 e. The van der Waals surface area contributed by atoms with Crippen LogP contribution in [0.15, 0.2) is 0 Å². The fourth-order valence-corrected chi connectivity index (χ4v) is 3.50. The first kappa shape index (κ1) is 16.1. The number of hydrogen-bond donors (Lipinski definition) is 3. The number of aliphatic carboxylic acids is 1. The molecular formula is C15H27N3O3. The summed E-state index contributed by atoms with van der Waals surface area (Å²) in [5.41, 5.74) is 0.105. The molecule has 0 bridgehead atoms. The highest BCUT2D eigenvalue weighted by molar-refractivity contribution is 5.74. The molecule has 2 atom stereocenters. The highest BCUT2D eigenvalue weighted by Gasteiger charge is 2.39. The van der Waals surface area contributed by atoms with Gasteiger partial charge in [0.25, 0.3) is 0 Å². The van der Waals surface area contributed by atoms with Gasteiger partial charge in [-0.05, 0) is 52.1 Å². The van der Waals surface area contributed by atoms with E-state index >= 15 is 0 Å². The predicted molar refractivity (Wildman–Crippen MR) is 80.1 cm³/mol. The smallest absolute Gasteiger partial charge is 0.314 e. The molecule has 2 rings (SSSR count). The summed E-state index contributed by atoms with van der Waals surface area (Å²) in [5.74, 6) is -0.967. The van der Waals surface area contributed by atoms with Crippen molar-refractivity contribution in [2.24, 2.45) is 11.8 Å². The molecule has 2 saturated carbocycles. The summed E-state index contributed by atoms with van der Waals surface area (Å²) in [4.78, 5) is 25.2. The summed E-state index contributed by atoms with van der Waals surface area (Å²) in [7, 11) is 4.10. The van der Waals surface area contributed by atoms with Gasteiger partial charge >= 0.3 is 12.0 Å². The van der Waals surface area contributed by atoms with Crippen LogP contribution in [0.1, 0.15) is 38.5 Å². The van der Waals surface area contributed by atoms with Crippen molar-refractivity contribution in [2.75, 3.05) is 27.2 Å². The van der Waals surface area contributed by atoms with E-state index in [2.05, 4.69) is 29.6 Å². The van der Waals surface area contributed by atoms with E-state index in [-0.39, 0.29) is 23.4 Å². The molecule has 0 aliphatic heterocycles. The Labute approximate surface area is 126 Å². The van der Waals surface area contributed by atoms with Crippen molar-refractivity contribution >= 4 is 12.0 Å². The summed E-state index contributed by atoms with van der Waals surface area (Å²) in [6, 6.07) is -0.181. The maximum atomic E-state index is 11.9. The molecule has 0 aromatic rings. The van der Waals surface area contributed by atoms with E-state index in [0.29, 0.717) is 13.1 Å². The fourth-order valence-electron chi connectivity index (χ4n) is 3.50. The average Bonchev–Trinajstić information content (AvgIpc) is 2.83.